The minimum atomic E-state index is -0.946. The second-order valence-corrected chi connectivity index (χ2v) is 8.15. The van der Waals surface area contributed by atoms with Gasteiger partial charge in [-0.3, -0.25) is 0 Å². The fraction of sp³-hybridized carbons (Fsp3) is 0.0870. The number of aryl methyl sites for hydroxylation is 1. The predicted molar refractivity (Wildman–Crippen MR) is 115 cm³/mol. The standard InChI is InChI=1S/C23H18ClNO2S/c1-15-6-5-9-18(12-15)28-22-19-11-10-17(24)13-20(19)25(21(22)23(26)27)14-16-7-3-2-4-8-16/h2-13H,14H2,1H3,(H,26,27). The zero-order valence-corrected chi connectivity index (χ0v) is 16.8. The number of nitrogens with zero attached hydrogens (tertiary/aromatic N) is 1. The summed E-state index contributed by atoms with van der Waals surface area (Å²) >= 11 is 7.73. The Morgan fingerprint density at radius 2 is 1.82 bits per heavy atom. The first-order valence-electron chi connectivity index (χ1n) is 8.86. The topological polar surface area (TPSA) is 42.2 Å². The molecular weight excluding hydrogens is 390 g/mol. The maximum Gasteiger partial charge on any atom is 0.353 e. The largest absolute Gasteiger partial charge is 0.477 e. The zero-order chi connectivity index (χ0) is 19.7. The van der Waals surface area contributed by atoms with E-state index in [1.54, 1.807) is 0 Å². The molecule has 3 aromatic carbocycles. The van der Waals surface area contributed by atoms with Gasteiger partial charge in [-0.05, 0) is 36.8 Å². The van der Waals surface area contributed by atoms with Crippen LogP contribution in [0.3, 0.4) is 0 Å². The first kappa shape index (κ1) is 18.7. The number of carbonyl (C=O) groups is 1. The molecule has 0 aliphatic rings. The lowest BCUT2D eigenvalue weighted by Gasteiger charge is -2.09. The molecule has 0 atom stereocenters. The van der Waals surface area contributed by atoms with E-state index in [9.17, 15) is 9.90 Å². The number of aromatic nitrogens is 1. The van der Waals surface area contributed by atoms with E-state index in [1.807, 2.05) is 78.2 Å². The number of carboxylic acid groups (broad SMARTS) is 1. The Kier molecular flexibility index (Phi) is 5.16. The molecular formula is C23H18ClNO2S. The first-order chi connectivity index (χ1) is 13.5. The number of hydrogen-bond donors (Lipinski definition) is 1. The Labute approximate surface area is 172 Å². The average Bonchev–Trinajstić information content (AvgIpc) is 2.95. The Hall–Kier alpha value is -2.69. The molecule has 0 saturated heterocycles. The third-order valence-corrected chi connectivity index (χ3v) is 5.92. The summed E-state index contributed by atoms with van der Waals surface area (Å²) in [7, 11) is 0. The van der Waals surface area contributed by atoms with Crippen molar-refractivity contribution < 1.29 is 9.90 Å². The van der Waals surface area contributed by atoms with Gasteiger partial charge in [-0.15, -0.1) is 0 Å². The normalized spacial score (nSPS) is 11.1. The number of hydrogen-bond acceptors (Lipinski definition) is 2. The van der Waals surface area contributed by atoms with E-state index in [0.717, 1.165) is 31.8 Å². The summed E-state index contributed by atoms with van der Waals surface area (Å²) in [4.78, 5) is 14.0. The third-order valence-electron chi connectivity index (χ3n) is 4.58. The summed E-state index contributed by atoms with van der Waals surface area (Å²) in [6.45, 7) is 2.49. The van der Waals surface area contributed by atoms with Crippen molar-refractivity contribution in [1.29, 1.82) is 0 Å². The van der Waals surface area contributed by atoms with Crippen molar-refractivity contribution in [3.8, 4) is 0 Å². The van der Waals surface area contributed by atoms with Crippen molar-refractivity contribution in [1.82, 2.24) is 4.57 Å². The van der Waals surface area contributed by atoms with Gasteiger partial charge in [0.1, 0.15) is 5.69 Å². The highest BCUT2D eigenvalue weighted by atomic mass is 35.5. The molecule has 1 heterocycles. The highest BCUT2D eigenvalue weighted by Crippen LogP contribution is 2.40. The van der Waals surface area contributed by atoms with Gasteiger partial charge in [0.05, 0.1) is 10.4 Å². The molecule has 0 saturated carbocycles. The highest BCUT2D eigenvalue weighted by Gasteiger charge is 2.23. The van der Waals surface area contributed by atoms with Crippen molar-refractivity contribution >= 4 is 40.2 Å². The number of rotatable bonds is 5. The SMILES string of the molecule is Cc1cccc(Sc2c(C(=O)O)n(Cc3ccccc3)c3cc(Cl)ccc23)c1. The Morgan fingerprint density at radius 3 is 2.54 bits per heavy atom. The van der Waals surface area contributed by atoms with Crippen LogP contribution in [0.1, 0.15) is 21.6 Å². The molecule has 0 unspecified atom stereocenters. The molecule has 4 rings (SSSR count). The summed E-state index contributed by atoms with van der Waals surface area (Å²) in [5, 5.41) is 11.5. The van der Waals surface area contributed by atoms with Crippen LogP contribution < -0.4 is 0 Å². The summed E-state index contributed by atoms with van der Waals surface area (Å²) in [6.07, 6.45) is 0. The van der Waals surface area contributed by atoms with E-state index in [0.29, 0.717) is 11.6 Å². The summed E-state index contributed by atoms with van der Waals surface area (Å²) in [5.41, 5.74) is 3.28. The van der Waals surface area contributed by atoms with E-state index < -0.39 is 5.97 Å². The summed E-state index contributed by atoms with van der Waals surface area (Å²) < 4.78 is 1.84. The molecule has 0 aliphatic heterocycles. The van der Waals surface area contributed by atoms with Gasteiger partial charge >= 0.3 is 5.97 Å². The molecule has 0 amide bonds. The Balaban J connectivity index is 1.93. The molecule has 0 aliphatic carbocycles. The molecule has 140 valence electrons. The fourth-order valence-corrected chi connectivity index (χ4v) is 4.70. The van der Waals surface area contributed by atoms with Crippen molar-refractivity contribution in [2.75, 3.05) is 0 Å². The van der Waals surface area contributed by atoms with Crippen LogP contribution in [0.4, 0.5) is 0 Å². The second kappa shape index (κ2) is 7.74. The molecule has 0 spiro atoms. The van der Waals surface area contributed by atoms with Crippen LogP contribution in [-0.2, 0) is 6.54 Å². The second-order valence-electron chi connectivity index (χ2n) is 6.63. The smallest absolute Gasteiger partial charge is 0.353 e. The van der Waals surface area contributed by atoms with Crippen LogP contribution in [0.5, 0.6) is 0 Å². The van der Waals surface area contributed by atoms with Gasteiger partial charge in [0.2, 0.25) is 0 Å². The lowest BCUT2D eigenvalue weighted by atomic mass is 10.2. The average molecular weight is 408 g/mol. The van der Waals surface area contributed by atoms with E-state index >= 15 is 0 Å². The number of aromatic carboxylic acids is 1. The molecule has 3 nitrogen and oxygen atoms in total. The lowest BCUT2D eigenvalue weighted by molar-refractivity contribution is 0.0682. The van der Waals surface area contributed by atoms with Crippen LogP contribution in [0.2, 0.25) is 5.02 Å². The minimum absolute atomic E-state index is 0.285. The lowest BCUT2D eigenvalue weighted by Crippen LogP contribution is -2.10. The molecule has 5 heteroatoms. The maximum absolute atomic E-state index is 12.3. The van der Waals surface area contributed by atoms with Crippen LogP contribution in [0, 0.1) is 6.92 Å². The quantitative estimate of drug-likeness (QED) is 0.410. The van der Waals surface area contributed by atoms with Crippen molar-refractivity contribution in [2.24, 2.45) is 0 Å². The third kappa shape index (κ3) is 3.66. The Morgan fingerprint density at radius 1 is 1.04 bits per heavy atom. The van der Waals surface area contributed by atoms with E-state index in [1.165, 1.54) is 11.8 Å². The van der Waals surface area contributed by atoms with Crippen molar-refractivity contribution in [2.45, 2.75) is 23.3 Å². The van der Waals surface area contributed by atoms with Crippen LogP contribution in [-0.4, -0.2) is 15.6 Å². The molecule has 1 aromatic heterocycles. The zero-order valence-electron chi connectivity index (χ0n) is 15.2. The Bertz CT molecular complexity index is 1170. The van der Waals surface area contributed by atoms with Crippen molar-refractivity contribution in [3.05, 3.63) is 94.6 Å². The van der Waals surface area contributed by atoms with E-state index in [-0.39, 0.29) is 5.69 Å². The van der Waals surface area contributed by atoms with Crippen LogP contribution in [0.15, 0.2) is 82.6 Å². The number of carboxylic acids is 1. The van der Waals surface area contributed by atoms with Gasteiger partial charge in [-0.1, -0.05) is 77.5 Å². The minimum Gasteiger partial charge on any atom is -0.477 e. The van der Waals surface area contributed by atoms with E-state index in [4.69, 9.17) is 11.6 Å². The molecule has 0 bridgehead atoms. The van der Waals surface area contributed by atoms with Gasteiger partial charge in [0.15, 0.2) is 0 Å². The maximum atomic E-state index is 12.3. The van der Waals surface area contributed by atoms with Crippen LogP contribution >= 0.6 is 23.4 Å². The molecule has 28 heavy (non-hydrogen) atoms. The van der Waals surface area contributed by atoms with Gasteiger partial charge in [0.25, 0.3) is 0 Å². The van der Waals surface area contributed by atoms with E-state index in [2.05, 4.69) is 6.07 Å². The molecule has 1 N–H and O–H groups in total. The number of fused-ring (bicyclic) bond motifs is 1. The summed E-state index contributed by atoms with van der Waals surface area (Å²) in [5.74, 6) is -0.946. The number of halogens is 1. The number of benzene rings is 3. The van der Waals surface area contributed by atoms with Gasteiger partial charge in [-0.25, -0.2) is 4.79 Å². The van der Waals surface area contributed by atoms with Crippen molar-refractivity contribution in [3.63, 3.8) is 0 Å². The first-order valence-corrected chi connectivity index (χ1v) is 10.1. The van der Waals surface area contributed by atoms with Gasteiger partial charge in [-0.2, -0.15) is 0 Å². The summed E-state index contributed by atoms with van der Waals surface area (Å²) in [6, 6.07) is 23.5. The van der Waals surface area contributed by atoms with Gasteiger partial charge < -0.3 is 9.67 Å². The highest BCUT2D eigenvalue weighted by molar-refractivity contribution is 7.99. The van der Waals surface area contributed by atoms with Crippen LogP contribution in [0.25, 0.3) is 10.9 Å². The predicted octanol–water partition coefficient (Wildman–Crippen LogP) is 6.50. The fourth-order valence-electron chi connectivity index (χ4n) is 3.33. The molecule has 0 fully saturated rings. The molecule has 0 radical (unpaired) electrons. The molecule has 4 aromatic rings. The van der Waals surface area contributed by atoms with Gasteiger partial charge in [0, 0.05) is 21.8 Å². The monoisotopic (exact) mass is 407 g/mol.